The maximum Gasteiger partial charge on any atom is 0.306 e. The summed E-state index contributed by atoms with van der Waals surface area (Å²) in [5, 5.41) is 11.8. The van der Waals surface area contributed by atoms with Crippen LogP contribution in [0.2, 0.25) is 0 Å². The van der Waals surface area contributed by atoms with Crippen LogP contribution in [0.4, 0.5) is 0 Å². The number of carbonyl (C=O) groups is 3. The molecule has 0 aliphatic rings. The van der Waals surface area contributed by atoms with Gasteiger partial charge >= 0.3 is 11.9 Å². The fourth-order valence-corrected chi connectivity index (χ4v) is 9.69. The topological polar surface area (TPSA) is 111 Å². The average Bonchev–Trinajstić information content (AvgIpc) is 3.38. The van der Waals surface area contributed by atoms with Gasteiger partial charge in [0.1, 0.15) is 13.2 Å². The Kier molecular flexibility index (Phi) is 56.2. The molecule has 0 rings (SSSR count). The Hall–Kier alpha value is -2.23. The molecule has 75 heavy (non-hydrogen) atoms. The number of aliphatic carboxylic acids is 1. The van der Waals surface area contributed by atoms with Crippen molar-refractivity contribution in [2.75, 3.05) is 47.5 Å². The lowest BCUT2D eigenvalue weighted by molar-refractivity contribution is -0.870. The van der Waals surface area contributed by atoms with Crippen molar-refractivity contribution < 1.29 is 42.9 Å². The molecule has 0 aromatic carbocycles. The third-order valence-corrected chi connectivity index (χ3v) is 14.7. The van der Waals surface area contributed by atoms with E-state index >= 15 is 0 Å². The third kappa shape index (κ3) is 59.3. The summed E-state index contributed by atoms with van der Waals surface area (Å²) in [6.45, 7) is 4.80. The molecule has 2 atom stereocenters. The molecule has 0 amide bonds. The number of carboxylic acid groups (broad SMARTS) is 1. The molecule has 0 bridgehead atoms. The van der Waals surface area contributed by atoms with Crippen LogP contribution in [0.25, 0.3) is 0 Å². The standard InChI is InChI=1S/C66H125NO8/c1-6-8-10-12-14-16-18-20-22-24-25-26-27-28-29-30-31-32-33-34-35-36-37-38-39-41-43-45-47-49-51-53-55-57-64(69)75-62(61-74-66(65(70)71)72-59-58-67(3,4)5)60-73-63(68)56-54-52-50-48-46-44-42-40-23-21-19-17-15-13-11-9-7-2/h18,20,24-25,62,66H,6-17,19,21-23,26-61H2,1-5H3/b20-18-,25-24-. The molecule has 2 unspecified atom stereocenters. The van der Waals surface area contributed by atoms with Gasteiger partial charge in [-0.3, -0.25) is 9.59 Å². The van der Waals surface area contributed by atoms with E-state index in [1.807, 2.05) is 21.1 Å². The van der Waals surface area contributed by atoms with Crippen molar-refractivity contribution >= 4 is 17.9 Å². The Morgan fingerprint density at radius 3 is 1.05 bits per heavy atom. The quantitative estimate of drug-likeness (QED) is 0.0195. The number of ether oxygens (including phenoxy) is 4. The minimum Gasteiger partial charge on any atom is -0.545 e. The summed E-state index contributed by atoms with van der Waals surface area (Å²) in [5.41, 5.74) is 0. The predicted molar refractivity (Wildman–Crippen MR) is 316 cm³/mol. The zero-order chi connectivity index (χ0) is 54.8. The third-order valence-electron chi connectivity index (χ3n) is 14.7. The lowest BCUT2D eigenvalue weighted by Crippen LogP contribution is -2.44. The first kappa shape index (κ1) is 72.8. The zero-order valence-corrected chi connectivity index (χ0v) is 50.4. The molecule has 0 saturated heterocycles. The summed E-state index contributed by atoms with van der Waals surface area (Å²) < 4.78 is 22.8. The van der Waals surface area contributed by atoms with Crippen molar-refractivity contribution in [1.82, 2.24) is 0 Å². The second-order valence-corrected chi connectivity index (χ2v) is 23.4. The molecule has 442 valence electrons. The van der Waals surface area contributed by atoms with E-state index in [9.17, 15) is 19.5 Å². The van der Waals surface area contributed by atoms with Gasteiger partial charge in [-0.1, -0.05) is 289 Å². The average molecular weight is 1060 g/mol. The maximum atomic E-state index is 12.9. The second-order valence-electron chi connectivity index (χ2n) is 23.4. The van der Waals surface area contributed by atoms with Crippen molar-refractivity contribution in [2.24, 2.45) is 0 Å². The van der Waals surface area contributed by atoms with Gasteiger partial charge in [0.25, 0.3) is 0 Å². The van der Waals surface area contributed by atoms with Crippen LogP contribution in [-0.2, 0) is 33.3 Å². The molecule has 0 heterocycles. The van der Waals surface area contributed by atoms with Crippen LogP contribution in [0, 0.1) is 0 Å². The molecule has 0 radical (unpaired) electrons. The Balaban J connectivity index is 4.04. The van der Waals surface area contributed by atoms with E-state index in [4.69, 9.17) is 18.9 Å². The highest BCUT2D eigenvalue weighted by Crippen LogP contribution is 2.18. The van der Waals surface area contributed by atoms with Gasteiger partial charge in [-0.15, -0.1) is 0 Å². The minimum atomic E-state index is -1.62. The van der Waals surface area contributed by atoms with Gasteiger partial charge in [0.05, 0.1) is 40.3 Å². The Labute approximate surface area is 465 Å². The van der Waals surface area contributed by atoms with Gasteiger partial charge in [0.15, 0.2) is 12.4 Å². The first-order valence-corrected chi connectivity index (χ1v) is 32.5. The van der Waals surface area contributed by atoms with E-state index in [1.165, 1.54) is 250 Å². The number of esters is 2. The number of nitrogens with zero attached hydrogens (tertiary/aromatic N) is 1. The van der Waals surface area contributed by atoms with Gasteiger partial charge in [-0.25, -0.2) is 0 Å². The van der Waals surface area contributed by atoms with Crippen LogP contribution in [0.3, 0.4) is 0 Å². The first-order valence-electron chi connectivity index (χ1n) is 32.5. The van der Waals surface area contributed by atoms with Gasteiger partial charge in [-0.05, 0) is 44.9 Å². The maximum absolute atomic E-state index is 12.9. The summed E-state index contributed by atoms with van der Waals surface area (Å²) >= 11 is 0. The first-order chi connectivity index (χ1) is 36.6. The number of allylic oxidation sites excluding steroid dienone is 4. The van der Waals surface area contributed by atoms with Gasteiger partial charge in [-0.2, -0.15) is 0 Å². The van der Waals surface area contributed by atoms with Crippen molar-refractivity contribution in [3.63, 3.8) is 0 Å². The summed E-state index contributed by atoms with van der Waals surface area (Å²) in [6, 6.07) is 0. The second kappa shape index (κ2) is 57.9. The fourth-order valence-electron chi connectivity index (χ4n) is 9.69. The lowest BCUT2D eigenvalue weighted by Gasteiger charge is -2.26. The Bertz CT molecular complexity index is 1280. The van der Waals surface area contributed by atoms with Crippen molar-refractivity contribution in [2.45, 2.75) is 334 Å². The molecule has 0 aromatic heterocycles. The fraction of sp³-hybridized carbons (Fsp3) is 0.894. The summed E-state index contributed by atoms with van der Waals surface area (Å²) in [5.74, 6) is -2.25. The zero-order valence-electron chi connectivity index (χ0n) is 50.4. The minimum absolute atomic E-state index is 0.152. The van der Waals surface area contributed by atoms with Crippen molar-refractivity contribution in [3.05, 3.63) is 24.3 Å². The van der Waals surface area contributed by atoms with E-state index in [1.54, 1.807) is 0 Å². The SMILES string of the molecule is CCCCCCC/C=C\C/C=C\CCCCCCCCCCCCCCCCCCCCCCCC(=O)OC(COC(=O)CCCCCCCCCCCCCCCCCCC)COC(OCC[N+](C)(C)C)C(=O)[O-]. The monoisotopic (exact) mass is 1060 g/mol. The van der Waals surface area contributed by atoms with Crippen molar-refractivity contribution in [3.8, 4) is 0 Å². The number of carboxylic acids is 1. The van der Waals surface area contributed by atoms with Crippen LogP contribution in [0.15, 0.2) is 24.3 Å². The van der Waals surface area contributed by atoms with Crippen LogP contribution >= 0.6 is 0 Å². The number of unbranched alkanes of at least 4 members (excludes halogenated alkanes) is 42. The van der Waals surface area contributed by atoms with Crippen LogP contribution in [0.1, 0.15) is 322 Å². The van der Waals surface area contributed by atoms with Gasteiger partial charge in [0, 0.05) is 12.8 Å². The Morgan fingerprint density at radius 1 is 0.400 bits per heavy atom. The highest BCUT2D eigenvalue weighted by atomic mass is 16.7. The molecule has 0 aromatic rings. The molecular weight excluding hydrogens is 935 g/mol. The number of quaternary nitrogens is 1. The molecule has 0 spiro atoms. The normalized spacial score (nSPS) is 12.8. The highest BCUT2D eigenvalue weighted by Gasteiger charge is 2.22. The van der Waals surface area contributed by atoms with Crippen LogP contribution in [0.5, 0.6) is 0 Å². The van der Waals surface area contributed by atoms with E-state index in [2.05, 4.69) is 38.2 Å². The van der Waals surface area contributed by atoms with Gasteiger partial charge in [0.2, 0.25) is 0 Å². The van der Waals surface area contributed by atoms with Crippen molar-refractivity contribution in [1.29, 1.82) is 0 Å². The molecule has 9 nitrogen and oxygen atoms in total. The number of rotatable bonds is 61. The van der Waals surface area contributed by atoms with E-state index in [0.717, 1.165) is 44.9 Å². The van der Waals surface area contributed by atoms with E-state index in [-0.39, 0.29) is 32.2 Å². The summed E-state index contributed by atoms with van der Waals surface area (Å²) in [4.78, 5) is 37.3. The number of hydrogen-bond donors (Lipinski definition) is 0. The predicted octanol–water partition coefficient (Wildman–Crippen LogP) is 18.1. The smallest absolute Gasteiger partial charge is 0.306 e. The largest absolute Gasteiger partial charge is 0.545 e. The summed E-state index contributed by atoms with van der Waals surface area (Å²) in [6.07, 6.45) is 66.8. The van der Waals surface area contributed by atoms with Gasteiger partial charge < -0.3 is 33.3 Å². The van der Waals surface area contributed by atoms with E-state index < -0.39 is 24.3 Å². The molecule has 9 heteroatoms. The van der Waals surface area contributed by atoms with E-state index in [0.29, 0.717) is 17.4 Å². The molecule has 0 fully saturated rings. The molecule has 0 aliphatic heterocycles. The number of likely N-dealkylation sites (N-methyl/N-ethyl adjacent to an activating group) is 1. The van der Waals surface area contributed by atoms with Crippen LogP contribution in [-0.4, -0.2) is 82.3 Å². The molecule has 0 N–H and O–H groups in total. The Morgan fingerprint density at radius 2 is 0.720 bits per heavy atom. The number of hydrogen-bond acceptors (Lipinski definition) is 8. The lowest BCUT2D eigenvalue weighted by atomic mass is 10.0. The molecule has 0 saturated carbocycles. The summed E-state index contributed by atoms with van der Waals surface area (Å²) in [7, 11) is 5.94. The molecule has 0 aliphatic carbocycles. The van der Waals surface area contributed by atoms with Crippen LogP contribution < -0.4 is 5.11 Å². The highest BCUT2D eigenvalue weighted by molar-refractivity contribution is 5.70. The number of carbonyl (C=O) groups excluding carboxylic acids is 3. The molecular formula is C66H125NO8.